The zero-order valence-corrected chi connectivity index (χ0v) is 10.9. The molecule has 1 N–H and O–H groups in total. The Balaban J connectivity index is 2.08. The van der Waals surface area contributed by atoms with Gasteiger partial charge in [-0.05, 0) is 59.3 Å². The molecule has 3 nitrogen and oxygen atoms in total. The van der Waals surface area contributed by atoms with E-state index in [1.165, 1.54) is 0 Å². The Labute approximate surface area is 108 Å². The molecule has 0 saturated carbocycles. The zero-order chi connectivity index (χ0) is 12.3. The molecular formula is C13H11BrN2O. The average Bonchev–Trinajstić information content (AvgIpc) is 2.77. The van der Waals surface area contributed by atoms with E-state index in [-0.39, 0.29) is 6.04 Å². The van der Waals surface area contributed by atoms with Crippen LogP contribution in [0.4, 0.5) is 5.69 Å². The van der Waals surface area contributed by atoms with E-state index in [1.54, 1.807) is 12.1 Å². The highest BCUT2D eigenvalue weighted by atomic mass is 79.9. The number of nitrogens with one attached hydrogen (secondary N) is 1. The van der Waals surface area contributed by atoms with Gasteiger partial charge in [-0.1, -0.05) is 0 Å². The Kier molecular flexibility index (Phi) is 3.50. The second-order valence-electron chi connectivity index (χ2n) is 3.70. The lowest BCUT2D eigenvalue weighted by Gasteiger charge is -2.12. The second kappa shape index (κ2) is 5.07. The van der Waals surface area contributed by atoms with Crippen LogP contribution < -0.4 is 5.32 Å². The number of halogens is 1. The largest absolute Gasteiger partial charge is 0.452 e. The molecule has 1 atom stereocenters. The maximum atomic E-state index is 8.70. The van der Waals surface area contributed by atoms with Gasteiger partial charge in [0.05, 0.1) is 17.7 Å². The molecule has 2 aromatic rings. The molecule has 17 heavy (non-hydrogen) atoms. The number of anilines is 1. The standard InChI is InChI=1S/C13H11BrN2O/c1-9(12-6-7-13(14)17-12)16-11-4-2-10(8-15)3-5-11/h2-7,9,16H,1H3. The van der Waals surface area contributed by atoms with Gasteiger partial charge in [0.2, 0.25) is 0 Å². The first-order valence-corrected chi connectivity index (χ1v) is 6.00. The smallest absolute Gasteiger partial charge is 0.169 e. The van der Waals surface area contributed by atoms with Gasteiger partial charge in [0.15, 0.2) is 4.67 Å². The maximum Gasteiger partial charge on any atom is 0.169 e. The molecule has 2 rings (SSSR count). The third-order valence-electron chi connectivity index (χ3n) is 2.42. The summed E-state index contributed by atoms with van der Waals surface area (Å²) in [5, 5.41) is 12.0. The van der Waals surface area contributed by atoms with Crippen LogP contribution in [0.1, 0.15) is 24.3 Å². The van der Waals surface area contributed by atoms with Crippen molar-refractivity contribution in [2.75, 3.05) is 5.32 Å². The fraction of sp³-hybridized carbons (Fsp3) is 0.154. The van der Waals surface area contributed by atoms with Crippen LogP contribution in [0.5, 0.6) is 0 Å². The third kappa shape index (κ3) is 2.89. The van der Waals surface area contributed by atoms with Gasteiger partial charge < -0.3 is 9.73 Å². The van der Waals surface area contributed by atoms with Crippen LogP contribution in [0.15, 0.2) is 45.5 Å². The summed E-state index contributed by atoms with van der Waals surface area (Å²) in [6.07, 6.45) is 0. The Morgan fingerprint density at radius 1 is 1.24 bits per heavy atom. The van der Waals surface area contributed by atoms with Gasteiger partial charge in [-0.15, -0.1) is 0 Å². The highest BCUT2D eigenvalue weighted by molar-refractivity contribution is 9.10. The van der Waals surface area contributed by atoms with E-state index in [1.807, 2.05) is 31.2 Å². The van der Waals surface area contributed by atoms with Crippen LogP contribution in [-0.2, 0) is 0 Å². The third-order valence-corrected chi connectivity index (χ3v) is 2.84. The molecule has 0 aliphatic carbocycles. The van der Waals surface area contributed by atoms with Crippen LogP contribution >= 0.6 is 15.9 Å². The Morgan fingerprint density at radius 2 is 1.94 bits per heavy atom. The molecule has 4 heteroatoms. The van der Waals surface area contributed by atoms with E-state index in [2.05, 4.69) is 27.3 Å². The van der Waals surface area contributed by atoms with E-state index in [0.29, 0.717) is 5.56 Å². The Hall–Kier alpha value is -1.73. The summed E-state index contributed by atoms with van der Waals surface area (Å²) in [6, 6.07) is 13.3. The predicted octanol–water partition coefficient (Wildman–Crippen LogP) is 4.09. The Morgan fingerprint density at radius 3 is 2.47 bits per heavy atom. The van der Waals surface area contributed by atoms with Crippen molar-refractivity contribution in [3.05, 3.63) is 52.4 Å². The van der Waals surface area contributed by atoms with Gasteiger partial charge >= 0.3 is 0 Å². The molecular weight excluding hydrogens is 280 g/mol. The van der Waals surface area contributed by atoms with E-state index in [0.717, 1.165) is 16.1 Å². The lowest BCUT2D eigenvalue weighted by Crippen LogP contribution is -2.05. The molecule has 0 fully saturated rings. The molecule has 0 aliphatic rings. The van der Waals surface area contributed by atoms with Gasteiger partial charge in [0.25, 0.3) is 0 Å². The van der Waals surface area contributed by atoms with Crippen LogP contribution in [0.2, 0.25) is 0 Å². The molecule has 0 bridgehead atoms. The first-order chi connectivity index (χ1) is 8.19. The zero-order valence-electron chi connectivity index (χ0n) is 9.27. The summed E-state index contributed by atoms with van der Waals surface area (Å²) < 4.78 is 6.19. The molecule has 0 aliphatic heterocycles. The fourth-order valence-corrected chi connectivity index (χ4v) is 1.84. The van der Waals surface area contributed by atoms with Gasteiger partial charge in [-0.3, -0.25) is 0 Å². The van der Waals surface area contributed by atoms with Gasteiger partial charge in [0.1, 0.15) is 5.76 Å². The van der Waals surface area contributed by atoms with Crippen LogP contribution in [0.3, 0.4) is 0 Å². The molecule has 1 aromatic carbocycles. The number of benzene rings is 1. The molecule has 1 heterocycles. The lowest BCUT2D eigenvalue weighted by atomic mass is 10.2. The van der Waals surface area contributed by atoms with E-state index in [9.17, 15) is 0 Å². The molecule has 1 aromatic heterocycles. The van der Waals surface area contributed by atoms with Crippen molar-refractivity contribution in [1.29, 1.82) is 5.26 Å². The Bertz CT molecular complexity index is 539. The minimum absolute atomic E-state index is 0.0780. The van der Waals surface area contributed by atoms with E-state index in [4.69, 9.17) is 9.68 Å². The van der Waals surface area contributed by atoms with Crippen molar-refractivity contribution < 1.29 is 4.42 Å². The first kappa shape index (κ1) is 11.7. The fourth-order valence-electron chi connectivity index (χ4n) is 1.52. The maximum absolute atomic E-state index is 8.70. The number of furan rings is 1. The minimum Gasteiger partial charge on any atom is -0.452 e. The highest BCUT2D eigenvalue weighted by Gasteiger charge is 2.09. The molecule has 86 valence electrons. The summed E-state index contributed by atoms with van der Waals surface area (Å²) in [6.45, 7) is 2.02. The number of hydrogen-bond acceptors (Lipinski definition) is 3. The van der Waals surface area contributed by atoms with Crippen molar-refractivity contribution in [2.45, 2.75) is 13.0 Å². The summed E-state index contributed by atoms with van der Waals surface area (Å²) in [5.41, 5.74) is 1.62. The molecule has 0 radical (unpaired) electrons. The van der Waals surface area contributed by atoms with Crippen molar-refractivity contribution in [3.63, 3.8) is 0 Å². The van der Waals surface area contributed by atoms with E-state index < -0.39 is 0 Å². The van der Waals surface area contributed by atoms with Crippen LogP contribution in [0, 0.1) is 11.3 Å². The van der Waals surface area contributed by atoms with Gasteiger partial charge in [-0.25, -0.2) is 0 Å². The average molecular weight is 291 g/mol. The van der Waals surface area contributed by atoms with Crippen molar-refractivity contribution in [1.82, 2.24) is 0 Å². The number of nitrogens with zero attached hydrogens (tertiary/aromatic N) is 1. The SMILES string of the molecule is CC(Nc1ccc(C#N)cc1)c1ccc(Br)o1. The van der Waals surface area contributed by atoms with Crippen molar-refractivity contribution in [3.8, 4) is 6.07 Å². The number of hydrogen-bond donors (Lipinski definition) is 1. The van der Waals surface area contributed by atoms with E-state index >= 15 is 0 Å². The van der Waals surface area contributed by atoms with Gasteiger partial charge in [-0.2, -0.15) is 5.26 Å². The van der Waals surface area contributed by atoms with Crippen LogP contribution in [0.25, 0.3) is 0 Å². The molecule has 0 saturated heterocycles. The van der Waals surface area contributed by atoms with Crippen LogP contribution in [-0.4, -0.2) is 0 Å². The van der Waals surface area contributed by atoms with Crippen molar-refractivity contribution >= 4 is 21.6 Å². The number of nitriles is 1. The summed E-state index contributed by atoms with van der Waals surface area (Å²) in [7, 11) is 0. The highest BCUT2D eigenvalue weighted by Crippen LogP contribution is 2.23. The minimum atomic E-state index is 0.0780. The summed E-state index contributed by atoms with van der Waals surface area (Å²) in [5.74, 6) is 0.862. The summed E-state index contributed by atoms with van der Waals surface area (Å²) >= 11 is 3.27. The van der Waals surface area contributed by atoms with Crippen molar-refractivity contribution in [2.24, 2.45) is 0 Å². The monoisotopic (exact) mass is 290 g/mol. The number of rotatable bonds is 3. The second-order valence-corrected chi connectivity index (χ2v) is 4.48. The first-order valence-electron chi connectivity index (χ1n) is 5.21. The topological polar surface area (TPSA) is 49.0 Å². The quantitative estimate of drug-likeness (QED) is 0.926. The predicted molar refractivity (Wildman–Crippen MR) is 69.6 cm³/mol. The summed E-state index contributed by atoms with van der Waals surface area (Å²) in [4.78, 5) is 0. The molecule has 1 unspecified atom stereocenters. The van der Waals surface area contributed by atoms with Gasteiger partial charge in [0, 0.05) is 5.69 Å². The lowest BCUT2D eigenvalue weighted by molar-refractivity contribution is 0.471. The molecule has 0 amide bonds. The normalized spacial score (nSPS) is 11.8. The molecule has 0 spiro atoms.